The van der Waals surface area contributed by atoms with Gasteiger partial charge in [0.1, 0.15) is 5.75 Å². The first-order valence-electron chi connectivity index (χ1n) is 7.12. The summed E-state index contributed by atoms with van der Waals surface area (Å²) in [5.41, 5.74) is 3.87. The van der Waals surface area contributed by atoms with E-state index in [4.69, 9.17) is 4.74 Å². The number of methoxy groups -OCH3 is 1. The molecule has 3 rings (SSSR count). The lowest BCUT2D eigenvalue weighted by Crippen LogP contribution is -2.51. The lowest BCUT2D eigenvalue weighted by atomic mass is 9.37. The van der Waals surface area contributed by atoms with Gasteiger partial charge in [0, 0.05) is 0 Å². The van der Waals surface area contributed by atoms with E-state index in [-0.39, 0.29) is 6.71 Å². The van der Waals surface area contributed by atoms with Crippen LogP contribution < -0.4 is 21.1 Å². The van der Waals surface area contributed by atoms with Gasteiger partial charge >= 0.3 is 0 Å². The minimum atomic E-state index is 0.248. The van der Waals surface area contributed by atoms with Gasteiger partial charge < -0.3 is 4.74 Å². The first-order valence-corrected chi connectivity index (χ1v) is 7.12. The summed E-state index contributed by atoms with van der Waals surface area (Å²) in [6, 6.07) is 29.5. The van der Waals surface area contributed by atoms with E-state index in [1.165, 1.54) is 16.4 Å². The standard InChI is InChI=1S/C19H17BO/c1-21-19-14-12-18(13-15-19)20(16-8-4-2-5-9-16)17-10-6-3-7-11-17/h2-15H,1H3. The molecule has 102 valence electrons. The Balaban J connectivity index is 2.07. The van der Waals surface area contributed by atoms with Crippen LogP contribution in [0.1, 0.15) is 0 Å². The molecule has 2 heteroatoms. The predicted molar refractivity (Wildman–Crippen MR) is 90.5 cm³/mol. The zero-order valence-electron chi connectivity index (χ0n) is 12.1. The number of ether oxygens (including phenoxy) is 1. The lowest BCUT2D eigenvalue weighted by molar-refractivity contribution is 0.415. The van der Waals surface area contributed by atoms with Crippen LogP contribution in [0.5, 0.6) is 5.75 Å². The van der Waals surface area contributed by atoms with Crippen LogP contribution in [0.2, 0.25) is 0 Å². The van der Waals surface area contributed by atoms with Crippen molar-refractivity contribution in [1.29, 1.82) is 0 Å². The van der Waals surface area contributed by atoms with E-state index in [1.807, 2.05) is 12.1 Å². The number of benzene rings is 3. The summed E-state index contributed by atoms with van der Waals surface area (Å²) in [6.45, 7) is 0.248. The van der Waals surface area contributed by atoms with Crippen LogP contribution >= 0.6 is 0 Å². The van der Waals surface area contributed by atoms with E-state index in [2.05, 4.69) is 72.8 Å². The van der Waals surface area contributed by atoms with Gasteiger partial charge in [0.25, 0.3) is 0 Å². The molecule has 0 unspecified atom stereocenters. The van der Waals surface area contributed by atoms with E-state index in [9.17, 15) is 0 Å². The third kappa shape index (κ3) is 3.00. The molecule has 0 aliphatic heterocycles. The van der Waals surface area contributed by atoms with E-state index in [0.29, 0.717) is 0 Å². The van der Waals surface area contributed by atoms with Crippen molar-refractivity contribution in [2.75, 3.05) is 7.11 Å². The topological polar surface area (TPSA) is 9.23 Å². The van der Waals surface area contributed by atoms with E-state index >= 15 is 0 Å². The molecule has 0 aliphatic carbocycles. The first-order chi connectivity index (χ1) is 10.4. The van der Waals surface area contributed by atoms with Gasteiger partial charge in [-0.25, -0.2) is 0 Å². The fourth-order valence-electron chi connectivity index (χ4n) is 2.66. The second-order valence-corrected chi connectivity index (χ2v) is 5.03. The second-order valence-electron chi connectivity index (χ2n) is 5.03. The maximum atomic E-state index is 5.26. The molecule has 3 aromatic rings. The molecule has 0 saturated heterocycles. The molecule has 0 saturated carbocycles. The molecule has 0 aliphatic rings. The van der Waals surface area contributed by atoms with Crippen molar-refractivity contribution >= 4 is 23.1 Å². The van der Waals surface area contributed by atoms with Crippen molar-refractivity contribution < 1.29 is 4.74 Å². The van der Waals surface area contributed by atoms with E-state index in [0.717, 1.165) is 5.75 Å². The molecular formula is C19H17BO. The van der Waals surface area contributed by atoms with Gasteiger partial charge in [0.15, 0.2) is 0 Å². The minimum absolute atomic E-state index is 0.248. The molecule has 0 fully saturated rings. The molecule has 0 aromatic heterocycles. The smallest absolute Gasteiger partial charge is 0.241 e. The van der Waals surface area contributed by atoms with Gasteiger partial charge in [-0.1, -0.05) is 89.2 Å². The normalized spacial score (nSPS) is 10.1. The summed E-state index contributed by atoms with van der Waals surface area (Å²) < 4.78 is 5.26. The zero-order chi connectivity index (χ0) is 14.5. The summed E-state index contributed by atoms with van der Waals surface area (Å²) in [5, 5.41) is 0. The third-order valence-electron chi connectivity index (χ3n) is 3.71. The van der Waals surface area contributed by atoms with Crippen LogP contribution in [0.3, 0.4) is 0 Å². The Morgan fingerprint density at radius 2 is 1.00 bits per heavy atom. The summed E-state index contributed by atoms with van der Waals surface area (Å²) in [7, 11) is 1.70. The van der Waals surface area contributed by atoms with Crippen molar-refractivity contribution in [3.8, 4) is 5.75 Å². The zero-order valence-corrected chi connectivity index (χ0v) is 12.1. The van der Waals surface area contributed by atoms with Crippen LogP contribution in [0.4, 0.5) is 0 Å². The Morgan fingerprint density at radius 1 is 0.571 bits per heavy atom. The highest BCUT2D eigenvalue weighted by Gasteiger charge is 2.20. The molecule has 21 heavy (non-hydrogen) atoms. The summed E-state index contributed by atoms with van der Waals surface area (Å²) in [5.74, 6) is 0.888. The summed E-state index contributed by atoms with van der Waals surface area (Å²) in [4.78, 5) is 0. The molecular weight excluding hydrogens is 255 g/mol. The largest absolute Gasteiger partial charge is 0.497 e. The molecule has 0 spiro atoms. The SMILES string of the molecule is COc1ccc(B(c2ccccc2)c2ccccc2)cc1. The average molecular weight is 272 g/mol. The van der Waals surface area contributed by atoms with Gasteiger partial charge in [-0.15, -0.1) is 0 Å². The molecule has 0 radical (unpaired) electrons. The van der Waals surface area contributed by atoms with Gasteiger partial charge in [0.05, 0.1) is 7.11 Å². The Hall–Kier alpha value is -2.48. The summed E-state index contributed by atoms with van der Waals surface area (Å²) >= 11 is 0. The van der Waals surface area contributed by atoms with Gasteiger partial charge in [-0.3, -0.25) is 0 Å². The minimum Gasteiger partial charge on any atom is -0.497 e. The first kappa shape index (κ1) is 13.5. The highest BCUT2D eigenvalue weighted by atomic mass is 16.5. The summed E-state index contributed by atoms with van der Waals surface area (Å²) in [6.07, 6.45) is 0. The molecule has 1 nitrogen and oxygen atoms in total. The number of hydrogen-bond acceptors (Lipinski definition) is 1. The van der Waals surface area contributed by atoms with Crippen LogP contribution in [-0.2, 0) is 0 Å². The molecule has 0 amide bonds. The molecule has 0 bridgehead atoms. The van der Waals surface area contributed by atoms with Crippen molar-refractivity contribution in [1.82, 2.24) is 0 Å². The van der Waals surface area contributed by atoms with Crippen molar-refractivity contribution in [3.05, 3.63) is 84.9 Å². The number of rotatable bonds is 4. The maximum absolute atomic E-state index is 5.26. The van der Waals surface area contributed by atoms with Crippen LogP contribution in [0.25, 0.3) is 0 Å². The van der Waals surface area contributed by atoms with Gasteiger partial charge in [0.2, 0.25) is 6.71 Å². The van der Waals surface area contributed by atoms with Crippen LogP contribution in [0.15, 0.2) is 84.9 Å². The Kier molecular flexibility index (Phi) is 4.06. The maximum Gasteiger partial charge on any atom is 0.241 e. The fourth-order valence-corrected chi connectivity index (χ4v) is 2.66. The quantitative estimate of drug-likeness (QED) is 0.662. The Bertz CT molecular complexity index is 638. The third-order valence-corrected chi connectivity index (χ3v) is 3.71. The van der Waals surface area contributed by atoms with Crippen LogP contribution in [0, 0.1) is 0 Å². The molecule has 0 heterocycles. The average Bonchev–Trinajstić information content (AvgIpc) is 2.58. The Morgan fingerprint density at radius 3 is 1.43 bits per heavy atom. The molecule has 0 N–H and O–H groups in total. The highest BCUT2D eigenvalue weighted by molar-refractivity contribution is 6.95. The second kappa shape index (κ2) is 6.32. The molecule has 0 atom stereocenters. The Labute approximate surface area is 126 Å². The van der Waals surface area contributed by atoms with Gasteiger partial charge in [-0.2, -0.15) is 0 Å². The predicted octanol–water partition coefficient (Wildman–Crippen LogP) is 2.21. The highest BCUT2D eigenvalue weighted by Crippen LogP contribution is 2.06. The monoisotopic (exact) mass is 272 g/mol. The van der Waals surface area contributed by atoms with Crippen molar-refractivity contribution in [2.45, 2.75) is 0 Å². The van der Waals surface area contributed by atoms with Crippen molar-refractivity contribution in [2.24, 2.45) is 0 Å². The van der Waals surface area contributed by atoms with Crippen LogP contribution in [-0.4, -0.2) is 13.8 Å². The lowest BCUT2D eigenvalue weighted by Gasteiger charge is -2.15. The van der Waals surface area contributed by atoms with Crippen molar-refractivity contribution in [3.63, 3.8) is 0 Å². The van der Waals surface area contributed by atoms with E-state index in [1.54, 1.807) is 7.11 Å². The fraction of sp³-hybridized carbons (Fsp3) is 0.0526. The van der Waals surface area contributed by atoms with E-state index < -0.39 is 0 Å². The number of hydrogen-bond donors (Lipinski definition) is 0. The van der Waals surface area contributed by atoms with Gasteiger partial charge in [-0.05, 0) is 12.1 Å². The molecule has 3 aromatic carbocycles.